The number of rotatable bonds is 3. The molecule has 0 radical (unpaired) electrons. The third-order valence-electron chi connectivity index (χ3n) is 1.80. The van der Waals surface area contributed by atoms with Crippen molar-refractivity contribution in [2.24, 2.45) is 5.14 Å². The Labute approximate surface area is 97.3 Å². The van der Waals surface area contributed by atoms with Crippen LogP contribution in [0.5, 0.6) is 10.8 Å². The molecule has 6 heteroatoms. The van der Waals surface area contributed by atoms with Crippen molar-refractivity contribution in [2.45, 2.75) is 4.21 Å². The molecule has 2 aromatic rings. The number of nitrogens with two attached hydrogens (primary N) is 1. The van der Waals surface area contributed by atoms with Gasteiger partial charge < -0.3 is 4.74 Å². The van der Waals surface area contributed by atoms with Gasteiger partial charge in [0.25, 0.3) is 0 Å². The number of thiophene rings is 1. The minimum atomic E-state index is -3.64. The van der Waals surface area contributed by atoms with Crippen LogP contribution in [0, 0.1) is 0 Å². The molecule has 0 atom stereocenters. The zero-order valence-electron chi connectivity index (χ0n) is 8.16. The Kier molecular flexibility index (Phi) is 2.95. The fourth-order valence-electron chi connectivity index (χ4n) is 1.12. The summed E-state index contributed by atoms with van der Waals surface area (Å²) in [5.74, 6) is 0.658. The summed E-state index contributed by atoms with van der Waals surface area (Å²) in [6, 6.07) is 12.1. The van der Waals surface area contributed by atoms with E-state index in [1.807, 2.05) is 18.2 Å². The lowest BCUT2D eigenvalue weighted by molar-refractivity contribution is 0.496. The smallest absolute Gasteiger partial charge is 0.247 e. The number of hydrogen-bond donors (Lipinski definition) is 1. The van der Waals surface area contributed by atoms with Gasteiger partial charge >= 0.3 is 0 Å². The Bertz CT molecular complexity index is 575. The number of primary sulfonamides is 1. The van der Waals surface area contributed by atoms with E-state index in [0.717, 1.165) is 11.3 Å². The fourth-order valence-corrected chi connectivity index (χ4v) is 2.69. The fraction of sp³-hybridized carbons (Fsp3) is 0. The summed E-state index contributed by atoms with van der Waals surface area (Å²) >= 11 is 0.999. The Hall–Kier alpha value is -1.37. The van der Waals surface area contributed by atoms with Crippen LogP contribution in [0.15, 0.2) is 46.7 Å². The van der Waals surface area contributed by atoms with Gasteiger partial charge in [-0.1, -0.05) is 29.5 Å². The first kappa shape index (κ1) is 11.1. The van der Waals surface area contributed by atoms with Crippen molar-refractivity contribution in [3.8, 4) is 10.8 Å². The number of ether oxygens (including phenoxy) is 1. The molecule has 0 unspecified atom stereocenters. The van der Waals surface area contributed by atoms with Gasteiger partial charge in [0.1, 0.15) is 9.96 Å². The van der Waals surface area contributed by atoms with Gasteiger partial charge in [0.05, 0.1) is 0 Å². The molecular weight excluding hydrogens is 246 g/mol. The minimum absolute atomic E-state index is 0.0958. The standard InChI is InChI=1S/C10H9NO3S2/c11-16(12,13)10-7-6-9(15-10)14-8-4-2-1-3-5-8/h1-7H,(H2,11,12,13). The number of para-hydroxylation sites is 1. The highest BCUT2D eigenvalue weighted by molar-refractivity contribution is 7.91. The average Bonchev–Trinajstić information content (AvgIpc) is 2.67. The van der Waals surface area contributed by atoms with Crippen LogP contribution < -0.4 is 9.88 Å². The highest BCUT2D eigenvalue weighted by atomic mass is 32.2. The quantitative estimate of drug-likeness (QED) is 0.914. The van der Waals surface area contributed by atoms with Crippen molar-refractivity contribution in [1.82, 2.24) is 0 Å². The van der Waals surface area contributed by atoms with E-state index in [1.165, 1.54) is 6.07 Å². The molecule has 16 heavy (non-hydrogen) atoms. The van der Waals surface area contributed by atoms with E-state index in [4.69, 9.17) is 9.88 Å². The van der Waals surface area contributed by atoms with Gasteiger partial charge in [0.15, 0.2) is 5.06 Å². The van der Waals surface area contributed by atoms with E-state index in [1.54, 1.807) is 18.2 Å². The topological polar surface area (TPSA) is 69.4 Å². The molecule has 1 heterocycles. The van der Waals surface area contributed by atoms with E-state index >= 15 is 0 Å². The third-order valence-corrected chi connectivity index (χ3v) is 4.20. The van der Waals surface area contributed by atoms with Crippen LogP contribution in [0.25, 0.3) is 0 Å². The molecule has 0 aliphatic carbocycles. The van der Waals surface area contributed by atoms with E-state index in [9.17, 15) is 8.42 Å². The van der Waals surface area contributed by atoms with Crippen molar-refractivity contribution in [3.05, 3.63) is 42.5 Å². The third kappa shape index (κ3) is 2.60. The Morgan fingerprint density at radius 3 is 2.31 bits per heavy atom. The van der Waals surface area contributed by atoms with Crippen LogP contribution in [0.2, 0.25) is 0 Å². The average molecular weight is 255 g/mol. The van der Waals surface area contributed by atoms with Gasteiger partial charge in [-0.05, 0) is 24.3 Å². The number of sulfonamides is 1. The van der Waals surface area contributed by atoms with Gasteiger partial charge in [0.2, 0.25) is 10.0 Å². The predicted octanol–water partition coefficient (Wildman–Crippen LogP) is 2.19. The lowest BCUT2D eigenvalue weighted by Gasteiger charge is -2.00. The monoisotopic (exact) mass is 255 g/mol. The summed E-state index contributed by atoms with van der Waals surface area (Å²) in [5.41, 5.74) is 0. The summed E-state index contributed by atoms with van der Waals surface area (Å²) in [6.07, 6.45) is 0. The molecular formula is C10H9NO3S2. The minimum Gasteiger partial charge on any atom is -0.447 e. The summed E-state index contributed by atoms with van der Waals surface area (Å²) in [6.45, 7) is 0. The van der Waals surface area contributed by atoms with Crippen molar-refractivity contribution >= 4 is 21.4 Å². The number of hydrogen-bond acceptors (Lipinski definition) is 4. The zero-order chi connectivity index (χ0) is 11.6. The molecule has 0 spiro atoms. The molecule has 0 aliphatic heterocycles. The van der Waals surface area contributed by atoms with Gasteiger partial charge in [-0.3, -0.25) is 0 Å². The Morgan fingerprint density at radius 2 is 1.75 bits per heavy atom. The largest absolute Gasteiger partial charge is 0.447 e. The molecule has 4 nitrogen and oxygen atoms in total. The second kappa shape index (κ2) is 4.25. The lowest BCUT2D eigenvalue weighted by atomic mass is 10.3. The molecule has 84 valence electrons. The highest BCUT2D eigenvalue weighted by Gasteiger charge is 2.11. The first-order valence-electron chi connectivity index (χ1n) is 4.41. The Morgan fingerprint density at radius 1 is 1.06 bits per heavy atom. The summed E-state index contributed by atoms with van der Waals surface area (Å²) in [4.78, 5) is 0. The van der Waals surface area contributed by atoms with E-state index in [2.05, 4.69) is 0 Å². The molecule has 1 aromatic heterocycles. The zero-order valence-corrected chi connectivity index (χ0v) is 9.79. The van der Waals surface area contributed by atoms with Crippen molar-refractivity contribution in [3.63, 3.8) is 0 Å². The van der Waals surface area contributed by atoms with Crippen LogP contribution in [0.1, 0.15) is 0 Å². The van der Waals surface area contributed by atoms with Crippen molar-refractivity contribution < 1.29 is 13.2 Å². The van der Waals surface area contributed by atoms with Crippen LogP contribution >= 0.6 is 11.3 Å². The lowest BCUT2D eigenvalue weighted by Crippen LogP contribution is -2.09. The second-order valence-corrected chi connectivity index (χ2v) is 5.87. The van der Waals surface area contributed by atoms with Gasteiger partial charge in [0, 0.05) is 0 Å². The first-order chi connectivity index (χ1) is 7.55. The molecule has 0 saturated carbocycles. The van der Waals surface area contributed by atoms with Gasteiger partial charge in [-0.2, -0.15) is 0 Å². The molecule has 0 bridgehead atoms. The summed E-state index contributed by atoms with van der Waals surface area (Å²) in [7, 11) is -3.64. The van der Waals surface area contributed by atoms with Crippen LogP contribution in [-0.2, 0) is 10.0 Å². The van der Waals surface area contributed by atoms with Crippen molar-refractivity contribution in [2.75, 3.05) is 0 Å². The molecule has 0 fully saturated rings. The maximum Gasteiger partial charge on any atom is 0.247 e. The van der Waals surface area contributed by atoms with Crippen LogP contribution in [0.4, 0.5) is 0 Å². The summed E-state index contributed by atoms with van der Waals surface area (Å²) < 4.78 is 27.6. The maximum atomic E-state index is 11.0. The predicted molar refractivity (Wildman–Crippen MR) is 62.2 cm³/mol. The first-order valence-corrected chi connectivity index (χ1v) is 6.77. The molecule has 2 N–H and O–H groups in total. The van der Waals surface area contributed by atoms with E-state index in [-0.39, 0.29) is 4.21 Å². The second-order valence-electron chi connectivity index (χ2n) is 3.03. The summed E-state index contributed by atoms with van der Waals surface area (Å²) in [5, 5.41) is 5.49. The van der Waals surface area contributed by atoms with Gasteiger partial charge in [-0.25, -0.2) is 13.6 Å². The molecule has 0 amide bonds. The van der Waals surface area contributed by atoms with Gasteiger partial charge in [-0.15, -0.1) is 0 Å². The number of benzene rings is 1. The van der Waals surface area contributed by atoms with E-state index < -0.39 is 10.0 Å². The van der Waals surface area contributed by atoms with Crippen molar-refractivity contribution in [1.29, 1.82) is 0 Å². The molecule has 0 aliphatic rings. The molecule has 2 rings (SSSR count). The van der Waals surface area contributed by atoms with Crippen LogP contribution in [0.3, 0.4) is 0 Å². The SMILES string of the molecule is NS(=O)(=O)c1ccc(Oc2ccccc2)s1. The van der Waals surface area contributed by atoms with Crippen LogP contribution in [-0.4, -0.2) is 8.42 Å². The molecule has 1 aromatic carbocycles. The normalized spacial score (nSPS) is 11.3. The van der Waals surface area contributed by atoms with E-state index in [0.29, 0.717) is 10.8 Å². The highest BCUT2D eigenvalue weighted by Crippen LogP contribution is 2.31. The Balaban J connectivity index is 2.22. The molecule has 0 saturated heterocycles. The maximum absolute atomic E-state index is 11.0.